The number of nitrogens with zero attached hydrogens (tertiary/aromatic N) is 1. The molecule has 4 N–H and O–H groups in total. The van der Waals surface area contributed by atoms with Gasteiger partial charge in [0.05, 0.1) is 17.7 Å². The number of aliphatic hydroxyl groups excluding tert-OH is 1. The van der Waals surface area contributed by atoms with Crippen molar-refractivity contribution in [2.45, 2.75) is 13.3 Å². The molecule has 0 aromatic heterocycles. The van der Waals surface area contributed by atoms with Gasteiger partial charge in [0.2, 0.25) is 5.90 Å². The Bertz CT molecular complexity index is 1190. The van der Waals surface area contributed by atoms with Gasteiger partial charge in [-0.2, -0.15) is 0 Å². The van der Waals surface area contributed by atoms with Crippen molar-refractivity contribution in [1.82, 2.24) is 0 Å². The quantitative estimate of drug-likeness (QED) is 0.0892. The van der Waals surface area contributed by atoms with Crippen molar-refractivity contribution in [3.63, 3.8) is 0 Å². The Morgan fingerprint density at radius 1 is 0.810 bits per heavy atom. The molecule has 0 bridgehead atoms. The van der Waals surface area contributed by atoms with Crippen molar-refractivity contribution in [2.75, 3.05) is 19.8 Å². The van der Waals surface area contributed by atoms with Gasteiger partial charge in [-0.25, -0.2) is 8.78 Å². The van der Waals surface area contributed by atoms with Crippen LogP contribution in [0.4, 0.5) is 59.1 Å². The van der Waals surface area contributed by atoms with Crippen molar-refractivity contribution in [1.29, 1.82) is 5.41 Å². The fourth-order valence-corrected chi connectivity index (χ4v) is 2.61. The minimum Gasteiger partial charge on any atom is -0.396 e. The van der Waals surface area contributed by atoms with E-state index in [1.54, 1.807) is 25.1 Å². The maximum atomic E-state index is 13.4. The smallest absolute Gasteiger partial charge is 0.135 e. The Balaban J connectivity index is 0. The molecular formula is C19H21Br2F14N3O2P2-2. The summed E-state index contributed by atoms with van der Waals surface area (Å²) < 4.78 is 151. The van der Waals surface area contributed by atoms with Crippen LogP contribution in [0.2, 0.25) is 0 Å². The van der Waals surface area contributed by atoms with Crippen molar-refractivity contribution < 1.29 is 69.0 Å². The summed E-state index contributed by atoms with van der Waals surface area (Å²) in [6, 6.07) is 9.10. The minimum atomic E-state index is -10.7. The fourth-order valence-electron chi connectivity index (χ4n) is 1.95. The summed E-state index contributed by atoms with van der Waals surface area (Å²) in [5, 5.41) is 15.9. The normalized spacial score (nSPS) is 15.0. The molecule has 0 radical (unpaired) electrons. The second-order valence-corrected chi connectivity index (χ2v) is 12.9. The monoisotopic (exact) mass is 809 g/mol. The van der Waals surface area contributed by atoms with Crippen LogP contribution in [0.25, 0.3) is 0 Å². The number of aliphatic imine (C=N–C) groups is 1. The summed E-state index contributed by atoms with van der Waals surface area (Å²) in [5.74, 6) is -0.830. The second-order valence-electron chi connectivity index (χ2n) is 7.27. The largest absolute Gasteiger partial charge is 0.396 e. The Morgan fingerprint density at radius 3 is 1.48 bits per heavy atom. The third kappa shape index (κ3) is 32.7. The number of aliphatic hydroxyl groups is 1. The Hall–Kier alpha value is -1.82. The molecular weight excluding hydrogens is 790 g/mol. The van der Waals surface area contributed by atoms with Crippen LogP contribution in [0, 0.1) is 17.0 Å². The number of rotatable bonds is 6. The molecule has 248 valence electrons. The molecule has 2 aromatic rings. The molecule has 42 heavy (non-hydrogen) atoms. The van der Waals surface area contributed by atoms with E-state index in [1.165, 1.54) is 18.2 Å². The Morgan fingerprint density at radius 2 is 1.17 bits per heavy atom. The molecule has 0 atom stereocenters. The number of amidine groups is 1. The van der Waals surface area contributed by atoms with Gasteiger partial charge in [0.25, 0.3) is 0 Å². The number of nitrogens with two attached hydrogens (primary N) is 1. The van der Waals surface area contributed by atoms with Crippen molar-refractivity contribution in [3.05, 3.63) is 68.1 Å². The van der Waals surface area contributed by atoms with Crippen molar-refractivity contribution in [3.8, 4) is 0 Å². The summed E-state index contributed by atoms with van der Waals surface area (Å²) in [6.07, 6.45) is 0.527. The third-order valence-corrected chi connectivity index (χ3v) is 4.26. The predicted octanol–water partition coefficient (Wildman–Crippen LogP) is 11.4. The molecule has 0 unspecified atom stereocenters. The van der Waals surface area contributed by atoms with Crippen LogP contribution in [0.15, 0.2) is 50.3 Å². The standard InChI is InChI=1S/C10H12BrFN2O.C9H9BrFNO.2F6P/c11-7-2-3-8(9(12)6-7)10(13)14-4-1-5-15;1-2-13-9(12)7-4-3-6(10)5-8(7)11;2*1-7(2,3,4,5)6/h2-3,6,15H,1,4-5H2,(H2,13,14);3-5,12H,2H2,1H3;;/q;;2*-1. The van der Waals surface area contributed by atoms with E-state index in [2.05, 4.69) is 36.9 Å². The van der Waals surface area contributed by atoms with E-state index in [-0.39, 0.29) is 29.5 Å². The van der Waals surface area contributed by atoms with Gasteiger partial charge in [0, 0.05) is 22.1 Å². The van der Waals surface area contributed by atoms with Gasteiger partial charge in [-0.1, -0.05) is 31.9 Å². The molecule has 0 saturated carbocycles. The zero-order valence-corrected chi connectivity index (χ0v) is 25.6. The number of nitrogens with one attached hydrogen (secondary N) is 1. The molecule has 23 heteroatoms. The molecule has 0 fully saturated rings. The Kier molecular flexibility index (Phi) is 14.0. The van der Waals surface area contributed by atoms with Crippen LogP contribution >= 0.6 is 47.5 Å². The maximum absolute atomic E-state index is 13.4. The maximum Gasteiger partial charge on any atom is 0.135 e. The average molecular weight is 811 g/mol. The van der Waals surface area contributed by atoms with E-state index in [4.69, 9.17) is 21.0 Å². The number of ether oxygens (including phenoxy) is 1. The predicted molar refractivity (Wildman–Crippen MR) is 141 cm³/mol. The van der Waals surface area contributed by atoms with E-state index in [0.717, 1.165) is 0 Å². The van der Waals surface area contributed by atoms with Gasteiger partial charge in [-0.05, 0) is 49.7 Å². The van der Waals surface area contributed by atoms with Gasteiger partial charge < -0.3 is 15.6 Å². The molecule has 0 spiro atoms. The van der Waals surface area contributed by atoms with Crippen LogP contribution in [0.3, 0.4) is 0 Å². The number of hydrogen-bond donors (Lipinski definition) is 3. The van der Waals surface area contributed by atoms with Gasteiger partial charge in [-0.3, -0.25) is 10.4 Å². The summed E-state index contributed by atoms with van der Waals surface area (Å²) in [4.78, 5) is 3.95. The van der Waals surface area contributed by atoms with Crippen LogP contribution in [-0.2, 0) is 4.74 Å². The first-order valence-corrected chi connectivity index (χ1v) is 16.0. The molecule has 5 nitrogen and oxygen atoms in total. The van der Waals surface area contributed by atoms with E-state index in [1.807, 2.05) is 0 Å². The van der Waals surface area contributed by atoms with Gasteiger partial charge in [0.1, 0.15) is 17.5 Å². The van der Waals surface area contributed by atoms with E-state index in [9.17, 15) is 59.1 Å². The molecule has 0 amide bonds. The van der Waals surface area contributed by atoms with Crippen LogP contribution in [-0.4, -0.2) is 36.6 Å². The first-order chi connectivity index (χ1) is 18.2. The molecule has 0 heterocycles. The molecule has 0 saturated heterocycles. The number of halogens is 16. The summed E-state index contributed by atoms with van der Waals surface area (Å²) >= 11 is 6.29. The van der Waals surface area contributed by atoms with Gasteiger partial charge >= 0.3 is 66.0 Å². The van der Waals surface area contributed by atoms with E-state index >= 15 is 0 Å². The summed E-state index contributed by atoms with van der Waals surface area (Å²) in [6.45, 7) is 2.58. The third-order valence-electron chi connectivity index (χ3n) is 3.27. The number of hydrogen-bond acceptors (Lipinski definition) is 4. The van der Waals surface area contributed by atoms with Crippen LogP contribution in [0.5, 0.6) is 0 Å². The van der Waals surface area contributed by atoms with Crippen molar-refractivity contribution in [2.24, 2.45) is 10.7 Å². The Labute approximate surface area is 245 Å². The van der Waals surface area contributed by atoms with Crippen LogP contribution < -0.4 is 5.73 Å². The van der Waals surface area contributed by atoms with Crippen LogP contribution in [0.1, 0.15) is 24.5 Å². The molecule has 2 rings (SSSR count). The van der Waals surface area contributed by atoms with Crippen molar-refractivity contribution >= 4 is 59.2 Å². The zero-order valence-electron chi connectivity index (χ0n) is 20.6. The zero-order chi connectivity index (χ0) is 33.9. The molecule has 2 aromatic carbocycles. The average Bonchev–Trinajstić information content (AvgIpc) is 2.70. The summed E-state index contributed by atoms with van der Waals surface area (Å²) in [7, 11) is -21.3. The number of benzene rings is 2. The first-order valence-electron chi connectivity index (χ1n) is 10.4. The molecule has 0 aliphatic heterocycles. The first kappa shape index (κ1) is 42.3. The van der Waals surface area contributed by atoms with Gasteiger partial charge in [-0.15, -0.1) is 0 Å². The minimum absolute atomic E-state index is 0.0552. The SMILES string of the molecule is CCOC(=N)c1ccc(Br)cc1F.F[P-](F)(F)(F)(F)F.F[P-](F)(F)(F)(F)F.NC(=NCCCO)c1ccc(Br)cc1F. The summed E-state index contributed by atoms with van der Waals surface area (Å²) in [5.41, 5.74) is 6.07. The molecule has 0 aliphatic rings. The fraction of sp³-hybridized carbons (Fsp3) is 0.263. The topological polar surface area (TPSA) is 91.7 Å². The van der Waals surface area contributed by atoms with E-state index in [0.29, 0.717) is 28.5 Å². The van der Waals surface area contributed by atoms with E-state index < -0.39 is 27.3 Å². The second kappa shape index (κ2) is 13.9. The molecule has 0 aliphatic carbocycles. The van der Waals surface area contributed by atoms with Gasteiger partial charge in [0.15, 0.2) is 0 Å².